The summed E-state index contributed by atoms with van der Waals surface area (Å²) in [7, 11) is 0. The summed E-state index contributed by atoms with van der Waals surface area (Å²) in [5.74, 6) is 0.931. The molecule has 4 nitrogen and oxygen atoms in total. The fraction of sp³-hybridized carbons (Fsp3) is 1.00. The van der Waals surface area contributed by atoms with Gasteiger partial charge in [0.25, 0.3) is 0 Å². The first-order valence-corrected chi connectivity index (χ1v) is 6.15. The van der Waals surface area contributed by atoms with E-state index in [1.807, 2.05) is 0 Å². The van der Waals surface area contributed by atoms with Gasteiger partial charge in [-0.25, -0.2) is 0 Å². The molecule has 0 radical (unpaired) electrons. The van der Waals surface area contributed by atoms with Gasteiger partial charge in [0, 0.05) is 32.7 Å². The first-order valence-electron chi connectivity index (χ1n) is 6.15. The number of nitrogens with zero attached hydrogens (tertiary/aromatic N) is 2. The monoisotopic (exact) mass is 213 g/mol. The molecule has 0 aliphatic carbocycles. The molecule has 0 bridgehead atoms. The maximum absolute atomic E-state index is 8.84. The summed E-state index contributed by atoms with van der Waals surface area (Å²) in [6.45, 7) is 9.48. The molecule has 0 amide bonds. The number of rotatable bonds is 5. The second-order valence-corrected chi connectivity index (χ2v) is 4.72. The molecule has 2 saturated heterocycles. The lowest BCUT2D eigenvalue weighted by Crippen LogP contribution is -2.49. The fourth-order valence-corrected chi connectivity index (χ4v) is 2.30. The molecule has 0 atom stereocenters. The molecule has 2 fully saturated rings. The van der Waals surface area contributed by atoms with E-state index in [1.54, 1.807) is 0 Å². The van der Waals surface area contributed by atoms with Crippen molar-refractivity contribution in [3.05, 3.63) is 0 Å². The number of hydrogen-bond acceptors (Lipinski definition) is 4. The summed E-state index contributed by atoms with van der Waals surface area (Å²) >= 11 is 0. The summed E-state index contributed by atoms with van der Waals surface area (Å²) in [5, 5.41) is 12.2. The number of piperazine rings is 1. The van der Waals surface area contributed by atoms with Gasteiger partial charge >= 0.3 is 0 Å². The van der Waals surface area contributed by atoms with E-state index in [1.165, 1.54) is 39.1 Å². The van der Waals surface area contributed by atoms with Crippen molar-refractivity contribution in [3.63, 3.8) is 0 Å². The molecule has 2 heterocycles. The van der Waals surface area contributed by atoms with Crippen LogP contribution in [0.2, 0.25) is 0 Å². The summed E-state index contributed by atoms with van der Waals surface area (Å²) in [6.07, 6.45) is 1.35. The van der Waals surface area contributed by atoms with E-state index in [4.69, 9.17) is 5.11 Å². The van der Waals surface area contributed by atoms with Crippen LogP contribution >= 0.6 is 0 Å². The lowest BCUT2D eigenvalue weighted by molar-refractivity contribution is 0.106. The van der Waals surface area contributed by atoms with Crippen molar-refractivity contribution in [1.82, 2.24) is 15.1 Å². The summed E-state index contributed by atoms with van der Waals surface area (Å²) in [6, 6.07) is 0. The van der Waals surface area contributed by atoms with E-state index in [0.29, 0.717) is 6.61 Å². The van der Waals surface area contributed by atoms with Crippen LogP contribution in [-0.2, 0) is 0 Å². The molecular weight excluding hydrogens is 190 g/mol. The predicted molar refractivity (Wildman–Crippen MR) is 60.9 cm³/mol. The number of β-amino-alcohol motifs (C(OH)–C–C–N with tert-alkyl or cyclic N) is 1. The predicted octanol–water partition coefficient (Wildman–Crippen LogP) is -0.794. The Kier molecular flexibility index (Phi) is 4.38. The maximum Gasteiger partial charge on any atom is 0.0558 e. The molecule has 0 unspecified atom stereocenters. The highest BCUT2D eigenvalue weighted by atomic mass is 16.3. The Morgan fingerprint density at radius 3 is 2.07 bits per heavy atom. The van der Waals surface area contributed by atoms with Gasteiger partial charge in [0.1, 0.15) is 0 Å². The minimum atomic E-state index is 0.299. The Labute approximate surface area is 92.2 Å². The van der Waals surface area contributed by atoms with Crippen molar-refractivity contribution in [3.8, 4) is 0 Å². The van der Waals surface area contributed by atoms with E-state index in [-0.39, 0.29) is 0 Å². The van der Waals surface area contributed by atoms with Crippen molar-refractivity contribution in [2.75, 3.05) is 59.0 Å². The summed E-state index contributed by atoms with van der Waals surface area (Å²) in [4.78, 5) is 4.91. The molecule has 2 rings (SSSR count). The van der Waals surface area contributed by atoms with Gasteiger partial charge < -0.3 is 15.3 Å². The molecule has 0 aromatic rings. The largest absolute Gasteiger partial charge is 0.395 e. The molecule has 2 aliphatic heterocycles. The van der Waals surface area contributed by atoms with Crippen molar-refractivity contribution in [2.24, 2.45) is 5.92 Å². The topological polar surface area (TPSA) is 38.7 Å². The fourth-order valence-electron chi connectivity index (χ4n) is 2.30. The third kappa shape index (κ3) is 3.41. The number of aliphatic hydroxyl groups is 1. The Bertz CT molecular complexity index is 177. The van der Waals surface area contributed by atoms with Crippen molar-refractivity contribution < 1.29 is 5.11 Å². The Morgan fingerprint density at radius 2 is 1.60 bits per heavy atom. The van der Waals surface area contributed by atoms with Gasteiger partial charge in [0.15, 0.2) is 0 Å². The second kappa shape index (κ2) is 5.80. The molecule has 0 spiro atoms. The average Bonchev–Trinajstić information content (AvgIpc) is 2.19. The van der Waals surface area contributed by atoms with Crippen LogP contribution in [0.15, 0.2) is 0 Å². The van der Waals surface area contributed by atoms with Gasteiger partial charge in [-0.05, 0) is 32.0 Å². The van der Waals surface area contributed by atoms with Crippen LogP contribution < -0.4 is 5.32 Å². The van der Waals surface area contributed by atoms with Gasteiger partial charge in [0.05, 0.1) is 6.61 Å². The lowest BCUT2D eigenvalue weighted by atomic mass is 9.99. The highest BCUT2D eigenvalue weighted by Gasteiger charge is 2.20. The number of hydrogen-bond donors (Lipinski definition) is 2. The maximum atomic E-state index is 8.84. The molecule has 2 aliphatic rings. The molecule has 15 heavy (non-hydrogen) atoms. The SMILES string of the molecule is OCCN1CCN(CCC2CNC2)CC1. The zero-order valence-electron chi connectivity index (χ0n) is 9.49. The van der Waals surface area contributed by atoms with Crippen molar-refractivity contribution >= 4 is 0 Å². The zero-order valence-corrected chi connectivity index (χ0v) is 9.49. The van der Waals surface area contributed by atoms with Crippen LogP contribution in [-0.4, -0.2) is 73.9 Å². The molecule has 0 aromatic carbocycles. The van der Waals surface area contributed by atoms with E-state index < -0.39 is 0 Å². The first kappa shape index (κ1) is 11.3. The van der Waals surface area contributed by atoms with Gasteiger partial charge in [0.2, 0.25) is 0 Å². The van der Waals surface area contributed by atoms with Crippen molar-refractivity contribution in [1.29, 1.82) is 0 Å². The molecule has 2 N–H and O–H groups in total. The van der Waals surface area contributed by atoms with Crippen LogP contribution in [0.3, 0.4) is 0 Å². The van der Waals surface area contributed by atoms with Gasteiger partial charge in [-0.15, -0.1) is 0 Å². The lowest BCUT2D eigenvalue weighted by Gasteiger charge is -2.36. The van der Waals surface area contributed by atoms with Crippen LogP contribution in [0.25, 0.3) is 0 Å². The molecule has 88 valence electrons. The molecule has 4 heteroatoms. The normalized spacial score (nSPS) is 25.4. The van der Waals surface area contributed by atoms with Crippen LogP contribution in [0.1, 0.15) is 6.42 Å². The molecule has 0 saturated carbocycles. The summed E-state index contributed by atoms with van der Waals surface area (Å²) in [5.41, 5.74) is 0. The van der Waals surface area contributed by atoms with Gasteiger partial charge in [-0.2, -0.15) is 0 Å². The van der Waals surface area contributed by atoms with Crippen LogP contribution in [0, 0.1) is 5.92 Å². The standard InChI is InChI=1S/C11H23N3O/c15-8-7-14-5-3-13(4-6-14)2-1-11-9-12-10-11/h11-12,15H,1-10H2. The van der Waals surface area contributed by atoms with Gasteiger partial charge in [-0.3, -0.25) is 4.90 Å². The minimum Gasteiger partial charge on any atom is -0.395 e. The van der Waals surface area contributed by atoms with E-state index in [2.05, 4.69) is 15.1 Å². The second-order valence-electron chi connectivity index (χ2n) is 4.72. The van der Waals surface area contributed by atoms with Crippen molar-refractivity contribution in [2.45, 2.75) is 6.42 Å². The van der Waals surface area contributed by atoms with E-state index in [0.717, 1.165) is 25.6 Å². The molecular formula is C11H23N3O. The highest BCUT2D eigenvalue weighted by Crippen LogP contribution is 2.10. The quantitative estimate of drug-likeness (QED) is 0.627. The number of aliphatic hydroxyl groups excluding tert-OH is 1. The minimum absolute atomic E-state index is 0.299. The Morgan fingerprint density at radius 1 is 1.00 bits per heavy atom. The van der Waals surface area contributed by atoms with E-state index >= 15 is 0 Å². The zero-order chi connectivity index (χ0) is 10.5. The Hall–Kier alpha value is -0.160. The number of nitrogens with one attached hydrogen (secondary N) is 1. The summed E-state index contributed by atoms with van der Waals surface area (Å²) < 4.78 is 0. The molecule has 0 aromatic heterocycles. The third-order valence-electron chi connectivity index (χ3n) is 3.60. The van der Waals surface area contributed by atoms with Crippen LogP contribution in [0.5, 0.6) is 0 Å². The smallest absolute Gasteiger partial charge is 0.0558 e. The average molecular weight is 213 g/mol. The van der Waals surface area contributed by atoms with Gasteiger partial charge in [-0.1, -0.05) is 0 Å². The Balaban J connectivity index is 1.56. The van der Waals surface area contributed by atoms with E-state index in [9.17, 15) is 0 Å². The first-order chi connectivity index (χ1) is 7.38. The van der Waals surface area contributed by atoms with Crippen LogP contribution in [0.4, 0.5) is 0 Å². The highest BCUT2D eigenvalue weighted by molar-refractivity contribution is 4.78. The third-order valence-corrected chi connectivity index (χ3v) is 3.60.